The molecule has 84 valence electrons. The van der Waals surface area contributed by atoms with Crippen molar-refractivity contribution in [2.75, 3.05) is 0 Å². The number of hydrogen-bond acceptors (Lipinski definition) is 0. The molecule has 0 saturated heterocycles. The van der Waals surface area contributed by atoms with Crippen molar-refractivity contribution in [3.8, 4) is 0 Å². The number of rotatable bonds is 4. The highest BCUT2D eigenvalue weighted by atomic mass is 35.5. The molecule has 1 aromatic rings. The first-order valence-corrected chi connectivity index (χ1v) is 6.27. The van der Waals surface area contributed by atoms with E-state index in [1.165, 1.54) is 35.1 Å². The summed E-state index contributed by atoms with van der Waals surface area (Å²) in [6, 6.07) is 6.40. The highest BCUT2D eigenvalue weighted by Gasteiger charge is 2.23. The van der Waals surface area contributed by atoms with Crippen molar-refractivity contribution >= 4 is 17.7 Å². The largest absolute Gasteiger partial charge is 0.122 e. The predicted molar refractivity (Wildman–Crippen MR) is 71.6 cm³/mol. The first-order valence-electron chi connectivity index (χ1n) is 5.74. The van der Waals surface area contributed by atoms with Crippen LogP contribution in [0, 0.1) is 12.8 Å². The summed E-state index contributed by atoms with van der Waals surface area (Å²) in [6.07, 6.45) is 6.87. The Balaban J connectivity index is 2.34. The van der Waals surface area contributed by atoms with E-state index in [-0.39, 0.29) is 0 Å². The van der Waals surface area contributed by atoms with Gasteiger partial charge in [-0.2, -0.15) is 0 Å². The molecule has 1 aliphatic rings. The monoisotopic (exact) mass is 232 g/mol. The van der Waals surface area contributed by atoms with Gasteiger partial charge in [0.2, 0.25) is 0 Å². The maximum atomic E-state index is 5.86. The van der Waals surface area contributed by atoms with E-state index < -0.39 is 0 Å². The minimum atomic E-state index is 0.577. The normalized spacial score (nSPS) is 16.2. The Hall–Kier alpha value is -1.01. The lowest BCUT2D eigenvalue weighted by atomic mass is 10.0. The summed E-state index contributed by atoms with van der Waals surface area (Å²) >= 11 is 5.86. The average Bonchev–Trinajstić information content (AvgIpc) is 3.12. The van der Waals surface area contributed by atoms with E-state index >= 15 is 0 Å². The molecular weight excluding hydrogens is 216 g/mol. The summed E-state index contributed by atoms with van der Waals surface area (Å²) in [7, 11) is 0. The van der Waals surface area contributed by atoms with Gasteiger partial charge in [-0.3, -0.25) is 0 Å². The Bertz CT molecular complexity index is 425. The molecule has 0 atom stereocenters. The second-order valence-corrected chi connectivity index (χ2v) is 4.71. The van der Waals surface area contributed by atoms with Gasteiger partial charge in [0, 0.05) is 5.88 Å². The van der Waals surface area contributed by atoms with Gasteiger partial charge in [0.1, 0.15) is 0 Å². The molecule has 16 heavy (non-hydrogen) atoms. The molecule has 0 N–H and O–H groups in total. The fourth-order valence-electron chi connectivity index (χ4n) is 1.87. The van der Waals surface area contributed by atoms with Gasteiger partial charge in [0.15, 0.2) is 0 Å². The molecular formula is C15H17Cl. The molecule has 0 bridgehead atoms. The van der Waals surface area contributed by atoms with E-state index in [0.29, 0.717) is 5.88 Å². The third kappa shape index (κ3) is 2.56. The Morgan fingerprint density at radius 1 is 1.50 bits per heavy atom. The van der Waals surface area contributed by atoms with Crippen LogP contribution in [0.15, 0.2) is 36.4 Å². The highest BCUT2D eigenvalue weighted by molar-refractivity contribution is 6.17. The fraction of sp³-hybridized carbons (Fsp3) is 0.333. The molecule has 1 fully saturated rings. The minimum Gasteiger partial charge on any atom is -0.122 e. The van der Waals surface area contributed by atoms with Gasteiger partial charge in [-0.05, 0) is 47.9 Å². The van der Waals surface area contributed by atoms with Crippen molar-refractivity contribution in [2.45, 2.75) is 25.6 Å². The molecule has 0 spiro atoms. The molecule has 0 amide bonds. The summed E-state index contributed by atoms with van der Waals surface area (Å²) in [4.78, 5) is 0. The van der Waals surface area contributed by atoms with Gasteiger partial charge in [-0.25, -0.2) is 0 Å². The molecule has 0 heterocycles. The van der Waals surface area contributed by atoms with Crippen LogP contribution in [0.25, 0.3) is 6.08 Å². The standard InChI is InChI=1S/C15H17Cl/c1-3-13(14-6-7-14)9-15-8-12(10-16)5-4-11(15)2/h3-5,8-9,14H,1,6-7,10H2,2H3/b13-9+. The zero-order valence-electron chi connectivity index (χ0n) is 9.67. The van der Waals surface area contributed by atoms with Crippen LogP contribution < -0.4 is 0 Å². The summed E-state index contributed by atoms with van der Waals surface area (Å²) in [5.74, 6) is 1.32. The van der Waals surface area contributed by atoms with Crippen LogP contribution in [0.4, 0.5) is 0 Å². The number of hydrogen-bond donors (Lipinski definition) is 0. The number of aryl methyl sites for hydroxylation is 1. The summed E-state index contributed by atoms with van der Waals surface area (Å²) in [5.41, 5.74) is 5.13. The molecule has 0 nitrogen and oxygen atoms in total. The SMILES string of the molecule is C=C/C(=C\c1cc(CCl)ccc1C)C1CC1. The Morgan fingerprint density at radius 3 is 2.81 bits per heavy atom. The second kappa shape index (κ2) is 4.88. The van der Waals surface area contributed by atoms with E-state index in [2.05, 4.69) is 37.8 Å². The van der Waals surface area contributed by atoms with Crippen LogP contribution in [0.1, 0.15) is 29.5 Å². The van der Waals surface area contributed by atoms with E-state index in [4.69, 9.17) is 11.6 Å². The van der Waals surface area contributed by atoms with Crippen molar-refractivity contribution in [1.82, 2.24) is 0 Å². The van der Waals surface area contributed by atoms with Crippen molar-refractivity contribution < 1.29 is 0 Å². The molecule has 2 rings (SSSR count). The summed E-state index contributed by atoms with van der Waals surface area (Å²) in [5, 5.41) is 0. The lowest BCUT2D eigenvalue weighted by molar-refractivity contribution is 1.06. The smallest absolute Gasteiger partial charge is 0.0474 e. The summed E-state index contributed by atoms with van der Waals surface area (Å²) in [6.45, 7) is 6.03. The lowest BCUT2D eigenvalue weighted by Gasteiger charge is -2.05. The quantitative estimate of drug-likeness (QED) is 0.521. The average molecular weight is 233 g/mol. The molecule has 0 unspecified atom stereocenters. The third-order valence-electron chi connectivity index (χ3n) is 3.10. The first kappa shape index (κ1) is 11.5. The van der Waals surface area contributed by atoms with E-state index in [0.717, 1.165) is 5.92 Å². The molecule has 1 heteroatoms. The molecule has 1 aliphatic carbocycles. The van der Waals surface area contributed by atoms with Gasteiger partial charge < -0.3 is 0 Å². The van der Waals surface area contributed by atoms with Crippen LogP contribution in [-0.4, -0.2) is 0 Å². The Labute approximate surface area is 103 Å². The van der Waals surface area contributed by atoms with Crippen LogP contribution in [0.3, 0.4) is 0 Å². The highest BCUT2D eigenvalue weighted by Crippen LogP contribution is 2.38. The van der Waals surface area contributed by atoms with Crippen LogP contribution in [0.2, 0.25) is 0 Å². The van der Waals surface area contributed by atoms with Crippen molar-refractivity contribution in [3.63, 3.8) is 0 Å². The van der Waals surface area contributed by atoms with Gasteiger partial charge in [0.05, 0.1) is 0 Å². The van der Waals surface area contributed by atoms with Crippen molar-refractivity contribution in [1.29, 1.82) is 0 Å². The van der Waals surface area contributed by atoms with Gasteiger partial charge >= 0.3 is 0 Å². The van der Waals surface area contributed by atoms with Crippen LogP contribution >= 0.6 is 11.6 Å². The Kier molecular flexibility index (Phi) is 3.50. The number of halogens is 1. The van der Waals surface area contributed by atoms with E-state index in [1.807, 2.05) is 6.08 Å². The maximum Gasteiger partial charge on any atom is 0.0474 e. The van der Waals surface area contributed by atoms with Gasteiger partial charge in [0.25, 0.3) is 0 Å². The zero-order valence-corrected chi connectivity index (χ0v) is 10.4. The number of allylic oxidation sites excluding steroid dienone is 2. The fourth-order valence-corrected chi connectivity index (χ4v) is 2.03. The topological polar surface area (TPSA) is 0 Å². The first-order chi connectivity index (χ1) is 7.74. The van der Waals surface area contributed by atoms with Crippen LogP contribution in [0.5, 0.6) is 0 Å². The molecule has 0 aromatic heterocycles. The van der Waals surface area contributed by atoms with Crippen molar-refractivity contribution in [3.05, 3.63) is 53.1 Å². The van der Waals surface area contributed by atoms with Gasteiger partial charge in [-0.1, -0.05) is 36.9 Å². The molecule has 1 saturated carbocycles. The zero-order chi connectivity index (χ0) is 11.5. The summed E-state index contributed by atoms with van der Waals surface area (Å²) < 4.78 is 0. The van der Waals surface area contributed by atoms with Crippen LogP contribution in [-0.2, 0) is 5.88 Å². The third-order valence-corrected chi connectivity index (χ3v) is 3.41. The predicted octanol–water partition coefficient (Wildman–Crippen LogP) is 4.71. The lowest BCUT2D eigenvalue weighted by Crippen LogP contribution is -1.87. The molecule has 0 aliphatic heterocycles. The van der Waals surface area contributed by atoms with E-state index in [9.17, 15) is 0 Å². The number of alkyl halides is 1. The van der Waals surface area contributed by atoms with Crippen molar-refractivity contribution in [2.24, 2.45) is 5.92 Å². The van der Waals surface area contributed by atoms with E-state index in [1.54, 1.807) is 0 Å². The Morgan fingerprint density at radius 2 is 2.25 bits per heavy atom. The van der Waals surface area contributed by atoms with Gasteiger partial charge in [-0.15, -0.1) is 11.6 Å². The number of benzene rings is 1. The maximum absolute atomic E-state index is 5.86. The molecule has 0 radical (unpaired) electrons. The molecule has 1 aromatic carbocycles. The minimum absolute atomic E-state index is 0.577. The second-order valence-electron chi connectivity index (χ2n) is 4.45.